The van der Waals surface area contributed by atoms with Gasteiger partial charge in [0.1, 0.15) is 11.4 Å². The van der Waals surface area contributed by atoms with E-state index >= 15 is 0 Å². The molecule has 0 saturated heterocycles. The van der Waals surface area contributed by atoms with Crippen LogP contribution in [-0.4, -0.2) is 15.8 Å². The van der Waals surface area contributed by atoms with E-state index in [9.17, 15) is 10.2 Å². The Kier molecular flexibility index (Phi) is 3.13. The van der Waals surface area contributed by atoms with E-state index in [4.69, 9.17) is 6.42 Å². The Bertz CT molecular complexity index is 701. The number of rotatable bonds is 0. The Morgan fingerprint density at radius 2 is 2.00 bits per heavy atom. The number of benzene rings is 1. The van der Waals surface area contributed by atoms with Crippen LogP contribution in [0.4, 0.5) is 0 Å². The number of terminal acetylenes is 1. The molecule has 0 aliphatic heterocycles. The fourth-order valence-corrected chi connectivity index (χ4v) is 6.12. The van der Waals surface area contributed by atoms with Crippen molar-refractivity contribution in [1.29, 1.82) is 0 Å². The zero-order chi connectivity index (χ0) is 16.4. The maximum absolute atomic E-state index is 11.0. The van der Waals surface area contributed by atoms with Crippen LogP contribution in [0.5, 0.6) is 5.75 Å². The molecule has 2 saturated carbocycles. The number of aliphatic hydroxyl groups is 1. The predicted molar refractivity (Wildman–Crippen MR) is 91.2 cm³/mol. The number of hydrogen-bond donors (Lipinski definition) is 2. The average Bonchev–Trinajstić information content (AvgIpc) is 2.83. The summed E-state index contributed by atoms with van der Waals surface area (Å²) in [6.07, 6.45) is 11.6. The van der Waals surface area contributed by atoms with Crippen LogP contribution in [0, 0.1) is 36.5 Å². The van der Waals surface area contributed by atoms with E-state index in [2.05, 4.69) is 19.8 Å². The van der Waals surface area contributed by atoms with Crippen molar-refractivity contribution in [2.24, 2.45) is 17.3 Å². The Morgan fingerprint density at radius 1 is 1.22 bits per heavy atom. The summed E-state index contributed by atoms with van der Waals surface area (Å²) < 4.78 is 0. The molecule has 122 valence electrons. The second-order valence-electron chi connectivity index (χ2n) is 8.21. The SMILES string of the molecule is C#C[C@@]1(O)CC[C@@H]2[C@@H]3CCc4c(C)ccc(O)c4[C@@H]3CC[C@]21C. The lowest BCUT2D eigenvalue weighted by Crippen LogP contribution is -2.50. The number of phenols is 1. The van der Waals surface area contributed by atoms with Gasteiger partial charge in [-0.1, -0.05) is 18.9 Å². The Hall–Kier alpha value is -1.46. The summed E-state index contributed by atoms with van der Waals surface area (Å²) >= 11 is 0. The average molecular weight is 310 g/mol. The zero-order valence-corrected chi connectivity index (χ0v) is 14.1. The topological polar surface area (TPSA) is 40.5 Å². The molecule has 2 N–H and O–H groups in total. The highest BCUT2D eigenvalue weighted by atomic mass is 16.3. The van der Waals surface area contributed by atoms with Crippen molar-refractivity contribution < 1.29 is 10.2 Å². The second-order valence-corrected chi connectivity index (χ2v) is 8.21. The summed E-state index contributed by atoms with van der Waals surface area (Å²) in [6.45, 7) is 4.35. The van der Waals surface area contributed by atoms with Gasteiger partial charge in [0.05, 0.1) is 0 Å². The lowest BCUT2D eigenvalue weighted by atomic mass is 9.53. The molecule has 0 aromatic heterocycles. The van der Waals surface area contributed by atoms with Crippen LogP contribution in [0.25, 0.3) is 0 Å². The van der Waals surface area contributed by atoms with Gasteiger partial charge < -0.3 is 10.2 Å². The third-order valence-electron chi connectivity index (χ3n) is 7.49. The molecule has 2 nitrogen and oxygen atoms in total. The molecule has 2 fully saturated rings. The summed E-state index contributed by atoms with van der Waals surface area (Å²) in [5.41, 5.74) is 2.74. The van der Waals surface area contributed by atoms with Crippen LogP contribution in [-0.2, 0) is 6.42 Å². The third-order valence-corrected chi connectivity index (χ3v) is 7.49. The molecule has 0 unspecified atom stereocenters. The third kappa shape index (κ3) is 1.81. The van der Waals surface area contributed by atoms with Crippen molar-refractivity contribution >= 4 is 0 Å². The monoisotopic (exact) mass is 310 g/mol. The fraction of sp³-hybridized carbons (Fsp3) is 0.619. The molecular weight excluding hydrogens is 284 g/mol. The van der Waals surface area contributed by atoms with Gasteiger partial charge in [0.25, 0.3) is 0 Å². The van der Waals surface area contributed by atoms with Crippen molar-refractivity contribution in [2.75, 3.05) is 0 Å². The van der Waals surface area contributed by atoms with Crippen molar-refractivity contribution in [3.05, 3.63) is 28.8 Å². The minimum Gasteiger partial charge on any atom is -0.508 e. The molecule has 23 heavy (non-hydrogen) atoms. The van der Waals surface area contributed by atoms with E-state index in [1.807, 2.05) is 12.1 Å². The van der Waals surface area contributed by atoms with Crippen molar-refractivity contribution in [2.45, 2.75) is 63.9 Å². The largest absolute Gasteiger partial charge is 0.508 e. The van der Waals surface area contributed by atoms with E-state index in [0.29, 0.717) is 23.5 Å². The Morgan fingerprint density at radius 3 is 2.74 bits per heavy atom. The molecule has 3 aliphatic carbocycles. The molecule has 0 radical (unpaired) electrons. The van der Waals surface area contributed by atoms with Gasteiger partial charge in [-0.25, -0.2) is 0 Å². The smallest absolute Gasteiger partial charge is 0.130 e. The quantitative estimate of drug-likeness (QED) is 0.713. The summed E-state index contributed by atoms with van der Waals surface area (Å²) in [7, 11) is 0. The van der Waals surface area contributed by atoms with Crippen LogP contribution < -0.4 is 0 Å². The lowest BCUT2D eigenvalue weighted by Gasteiger charge is -2.52. The van der Waals surface area contributed by atoms with Gasteiger partial charge in [-0.3, -0.25) is 0 Å². The van der Waals surface area contributed by atoms with Crippen LogP contribution in [0.1, 0.15) is 61.6 Å². The summed E-state index contributed by atoms with van der Waals surface area (Å²) in [5.74, 6) is 4.62. The first-order chi connectivity index (χ1) is 10.9. The number of phenolic OH excluding ortho intramolecular Hbond substituents is 1. The van der Waals surface area contributed by atoms with Gasteiger partial charge in [0.2, 0.25) is 0 Å². The molecule has 0 amide bonds. The number of aromatic hydroxyl groups is 1. The molecule has 1 aromatic rings. The Labute approximate surface area is 138 Å². The molecule has 4 rings (SSSR count). The second kappa shape index (κ2) is 4.77. The van der Waals surface area contributed by atoms with Crippen LogP contribution in [0.3, 0.4) is 0 Å². The summed E-state index contributed by atoms with van der Waals surface area (Å²) in [5, 5.41) is 21.4. The number of hydrogen-bond acceptors (Lipinski definition) is 2. The van der Waals surface area contributed by atoms with E-state index in [1.165, 1.54) is 16.7 Å². The maximum Gasteiger partial charge on any atom is 0.130 e. The van der Waals surface area contributed by atoms with Crippen molar-refractivity contribution in [3.8, 4) is 18.1 Å². The van der Waals surface area contributed by atoms with Crippen molar-refractivity contribution in [3.63, 3.8) is 0 Å². The predicted octanol–water partition coefficient (Wildman–Crippen LogP) is 3.92. The highest BCUT2D eigenvalue weighted by molar-refractivity contribution is 5.48. The highest BCUT2D eigenvalue weighted by Gasteiger charge is 2.61. The molecular formula is C21H26O2. The molecule has 0 bridgehead atoms. The Balaban J connectivity index is 1.77. The van der Waals surface area contributed by atoms with Crippen molar-refractivity contribution in [1.82, 2.24) is 0 Å². The molecule has 0 heterocycles. The maximum atomic E-state index is 11.0. The number of aryl methyl sites for hydroxylation is 1. The normalized spacial score (nSPS) is 41.6. The molecule has 2 heteroatoms. The van der Waals surface area contributed by atoms with Gasteiger partial charge >= 0.3 is 0 Å². The van der Waals surface area contributed by atoms with E-state index in [-0.39, 0.29) is 5.41 Å². The minimum absolute atomic E-state index is 0.167. The first-order valence-electron chi connectivity index (χ1n) is 8.93. The molecule has 3 aliphatic rings. The fourth-order valence-electron chi connectivity index (χ4n) is 6.12. The summed E-state index contributed by atoms with van der Waals surface area (Å²) in [6, 6.07) is 3.89. The van der Waals surface area contributed by atoms with E-state index in [1.54, 1.807) is 0 Å². The standard InChI is InChI=1S/C21H26O2/c1-4-21(23)12-10-17-15-7-6-14-13(2)5-8-18(22)19(14)16(15)9-11-20(17,21)3/h1,5,8,15-17,22-23H,6-7,9-12H2,2-3H3/t15-,16-,17-,20-,21-/m1/s1. The minimum atomic E-state index is -0.947. The van der Waals surface area contributed by atoms with Gasteiger partial charge in [-0.15, -0.1) is 6.42 Å². The highest BCUT2D eigenvalue weighted by Crippen LogP contribution is 2.64. The van der Waals surface area contributed by atoms with Gasteiger partial charge in [-0.2, -0.15) is 0 Å². The molecule has 0 spiro atoms. The zero-order valence-electron chi connectivity index (χ0n) is 14.1. The molecule has 5 atom stereocenters. The lowest BCUT2D eigenvalue weighted by molar-refractivity contribution is -0.0648. The van der Waals surface area contributed by atoms with E-state index in [0.717, 1.165) is 38.5 Å². The van der Waals surface area contributed by atoms with Gasteiger partial charge in [0.15, 0.2) is 0 Å². The van der Waals surface area contributed by atoms with Gasteiger partial charge in [-0.05, 0) is 80.4 Å². The van der Waals surface area contributed by atoms with Crippen LogP contribution in [0.2, 0.25) is 0 Å². The van der Waals surface area contributed by atoms with E-state index < -0.39 is 5.60 Å². The first-order valence-corrected chi connectivity index (χ1v) is 8.93. The first kappa shape index (κ1) is 15.1. The van der Waals surface area contributed by atoms with Crippen LogP contribution in [0.15, 0.2) is 12.1 Å². The number of fused-ring (bicyclic) bond motifs is 5. The van der Waals surface area contributed by atoms with Gasteiger partial charge in [0, 0.05) is 11.0 Å². The molecule has 1 aromatic carbocycles. The summed E-state index contributed by atoms with van der Waals surface area (Å²) in [4.78, 5) is 0. The van der Waals surface area contributed by atoms with Crippen LogP contribution >= 0.6 is 0 Å².